The molecule has 0 radical (unpaired) electrons. The molecule has 1 aliphatic rings. The third-order valence-electron chi connectivity index (χ3n) is 4.68. The van der Waals surface area contributed by atoms with E-state index in [9.17, 15) is 9.18 Å². The number of rotatable bonds is 4. The number of nitrogens with two attached hydrogens (primary N) is 1. The van der Waals surface area contributed by atoms with Crippen molar-refractivity contribution >= 4 is 24.0 Å². The van der Waals surface area contributed by atoms with Gasteiger partial charge >= 0.3 is 0 Å². The van der Waals surface area contributed by atoms with Gasteiger partial charge in [-0.1, -0.05) is 19.9 Å². The Balaban J connectivity index is 0.00000242. The Kier molecular flexibility index (Phi) is 5.60. The van der Waals surface area contributed by atoms with Gasteiger partial charge in [-0.25, -0.2) is 4.39 Å². The number of nitrogens with one attached hydrogen (secondary N) is 1. The lowest BCUT2D eigenvalue weighted by molar-refractivity contribution is -0.166. The molecule has 1 saturated carbocycles. The van der Waals surface area contributed by atoms with Crippen molar-refractivity contribution in [2.75, 3.05) is 11.9 Å². The SMILES string of the molecule is CCOC1CC(N)(C(=O)Nc2cc(F)ccc2C)C1(C)C.Cl. The molecule has 1 aromatic rings. The smallest absolute Gasteiger partial charge is 0.245 e. The second-order valence-corrected chi connectivity index (χ2v) is 6.25. The minimum Gasteiger partial charge on any atom is -0.378 e. The van der Waals surface area contributed by atoms with Crippen molar-refractivity contribution in [1.82, 2.24) is 0 Å². The second-order valence-electron chi connectivity index (χ2n) is 6.25. The van der Waals surface area contributed by atoms with Crippen LogP contribution in [-0.4, -0.2) is 24.2 Å². The Morgan fingerprint density at radius 2 is 2.14 bits per heavy atom. The zero-order valence-electron chi connectivity index (χ0n) is 13.4. The van der Waals surface area contributed by atoms with Gasteiger partial charge in [-0.05, 0) is 31.5 Å². The van der Waals surface area contributed by atoms with Crippen molar-refractivity contribution in [3.05, 3.63) is 29.6 Å². The van der Waals surface area contributed by atoms with Crippen LogP contribution < -0.4 is 11.1 Å². The Morgan fingerprint density at radius 3 is 2.68 bits per heavy atom. The van der Waals surface area contributed by atoms with Gasteiger partial charge in [0.05, 0.1) is 6.10 Å². The van der Waals surface area contributed by atoms with Crippen LogP contribution in [0.25, 0.3) is 0 Å². The molecule has 0 saturated heterocycles. The van der Waals surface area contributed by atoms with Gasteiger partial charge in [0.2, 0.25) is 5.91 Å². The average Bonchev–Trinajstić information content (AvgIpc) is 2.42. The number of halogens is 2. The zero-order valence-corrected chi connectivity index (χ0v) is 14.2. The van der Waals surface area contributed by atoms with Gasteiger partial charge in [0.25, 0.3) is 0 Å². The lowest BCUT2D eigenvalue weighted by atomic mass is 9.54. The molecule has 2 unspecified atom stereocenters. The highest BCUT2D eigenvalue weighted by Crippen LogP contribution is 2.50. The fourth-order valence-electron chi connectivity index (χ4n) is 2.78. The van der Waals surface area contributed by atoms with E-state index >= 15 is 0 Å². The van der Waals surface area contributed by atoms with E-state index in [1.54, 1.807) is 6.07 Å². The van der Waals surface area contributed by atoms with Gasteiger partial charge < -0.3 is 15.8 Å². The highest BCUT2D eigenvalue weighted by Gasteiger charge is 2.62. The monoisotopic (exact) mass is 330 g/mol. The van der Waals surface area contributed by atoms with Crippen LogP contribution in [0.4, 0.5) is 10.1 Å². The quantitative estimate of drug-likeness (QED) is 0.892. The number of hydrogen-bond donors (Lipinski definition) is 2. The lowest BCUT2D eigenvalue weighted by Gasteiger charge is -2.57. The lowest BCUT2D eigenvalue weighted by Crippen LogP contribution is -2.74. The summed E-state index contributed by atoms with van der Waals surface area (Å²) in [5.74, 6) is -0.681. The largest absolute Gasteiger partial charge is 0.378 e. The molecular weight excluding hydrogens is 307 g/mol. The minimum atomic E-state index is -1.01. The van der Waals surface area contributed by atoms with Gasteiger partial charge in [0.15, 0.2) is 0 Å². The molecule has 1 fully saturated rings. The summed E-state index contributed by atoms with van der Waals surface area (Å²) in [5.41, 5.74) is 6.08. The highest BCUT2D eigenvalue weighted by atomic mass is 35.5. The number of hydrogen-bond acceptors (Lipinski definition) is 3. The van der Waals surface area contributed by atoms with Crippen LogP contribution in [0.2, 0.25) is 0 Å². The fraction of sp³-hybridized carbons (Fsp3) is 0.562. The predicted octanol–water partition coefficient (Wildman–Crippen LogP) is 3.03. The van der Waals surface area contributed by atoms with E-state index in [4.69, 9.17) is 10.5 Å². The average molecular weight is 331 g/mol. The van der Waals surface area contributed by atoms with Crippen molar-refractivity contribution in [3.63, 3.8) is 0 Å². The van der Waals surface area contributed by atoms with Crippen LogP contribution in [0.5, 0.6) is 0 Å². The van der Waals surface area contributed by atoms with Gasteiger partial charge in [0, 0.05) is 24.1 Å². The van der Waals surface area contributed by atoms with Crippen molar-refractivity contribution in [2.45, 2.75) is 45.8 Å². The molecule has 6 heteroatoms. The van der Waals surface area contributed by atoms with Crippen molar-refractivity contribution in [1.29, 1.82) is 0 Å². The molecule has 0 spiro atoms. The number of anilines is 1. The Bertz CT molecular complexity index is 565. The van der Waals surface area contributed by atoms with Gasteiger partial charge in [-0.15, -0.1) is 12.4 Å². The van der Waals surface area contributed by atoms with E-state index in [0.29, 0.717) is 18.7 Å². The molecule has 0 bridgehead atoms. The summed E-state index contributed by atoms with van der Waals surface area (Å²) in [5, 5.41) is 2.75. The number of benzene rings is 1. The molecule has 2 atom stereocenters. The van der Waals surface area contributed by atoms with E-state index in [1.807, 2.05) is 27.7 Å². The molecule has 124 valence electrons. The zero-order chi connectivity index (χ0) is 15.8. The Hall–Kier alpha value is -1.17. The molecule has 0 heterocycles. The standard InChI is InChI=1S/C16H23FN2O2.ClH/c1-5-21-13-9-16(18,15(13,3)4)14(20)19-12-8-11(17)7-6-10(12)2;/h6-8,13H,5,9,18H2,1-4H3,(H,19,20);1H. The molecule has 0 aromatic heterocycles. The van der Waals surface area contributed by atoms with Crippen LogP contribution in [0.15, 0.2) is 18.2 Å². The topological polar surface area (TPSA) is 64.3 Å². The Labute approximate surface area is 137 Å². The summed E-state index contributed by atoms with van der Waals surface area (Å²) >= 11 is 0. The third kappa shape index (κ3) is 2.98. The van der Waals surface area contributed by atoms with E-state index in [2.05, 4.69) is 5.32 Å². The van der Waals surface area contributed by atoms with Gasteiger partial charge in [-0.2, -0.15) is 0 Å². The predicted molar refractivity (Wildman–Crippen MR) is 87.7 cm³/mol. The van der Waals surface area contributed by atoms with Crippen LogP contribution >= 0.6 is 12.4 Å². The molecule has 0 aliphatic heterocycles. The fourth-order valence-corrected chi connectivity index (χ4v) is 2.78. The number of carbonyl (C=O) groups is 1. The summed E-state index contributed by atoms with van der Waals surface area (Å²) in [6.45, 7) is 8.18. The summed E-state index contributed by atoms with van der Waals surface area (Å²) in [7, 11) is 0. The highest BCUT2D eigenvalue weighted by molar-refractivity contribution is 6.00. The molecule has 1 aliphatic carbocycles. The van der Waals surface area contributed by atoms with E-state index in [1.165, 1.54) is 12.1 Å². The van der Waals surface area contributed by atoms with Crippen LogP contribution in [0, 0.1) is 18.2 Å². The van der Waals surface area contributed by atoms with Crippen molar-refractivity contribution < 1.29 is 13.9 Å². The Morgan fingerprint density at radius 1 is 1.50 bits per heavy atom. The van der Waals surface area contributed by atoms with E-state index < -0.39 is 11.0 Å². The summed E-state index contributed by atoms with van der Waals surface area (Å²) in [4.78, 5) is 12.5. The maximum absolute atomic E-state index is 13.3. The van der Waals surface area contributed by atoms with Crippen molar-refractivity contribution in [3.8, 4) is 0 Å². The maximum Gasteiger partial charge on any atom is 0.245 e. The first-order valence-electron chi connectivity index (χ1n) is 7.20. The molecule has 3 N–H and O–H groups in total. The third-order valence-corrected chi connectivity index (χ3v) is 4.68. The molecule has 1 aromatic carbocycles. The van der Waals surface area contributed by atoms with Crippen LogP contribution in [-0.2, 0) is 9.53 Å². The van der Waals surface area contributed by atoms with Crippen LogP contribution in [0.1, 0.15) is 32.8 Å². The number of carbonyl (C=O) groups excluding carboxylic acids is 1. The molecule has 2 rings (SSSR count). The molecule has 4 nitrogen and oxygen atoms in total. The minimum absolute atomic E-state index is 0. The summed E-state index contributed by atoms with van der Waals surface area (Å²) in [6, 6.07) is 4.30. The number of amides is 1. The van der Waals surface area contributed by atoms with E-state index in [-0.39, 0.29) is 30.2 Å². The van der Waals surface area contributed by atoms with Crippen molar-refractivity contribution in [2.24, 2.45) is 11.1 Å². The first kappa shape index (κ1) is 18.9. The van der Waals surface area contributed by atoms with Gasteiger partial charge in [0.1, 0.15) is 11.4 Å². The molecule has 22 heavy (non-hydrogen) atoms. The second kappa shape index (κ2) is 6.52. The van der Waals surface area contributed by atoms with Gasteiger partial charge in [-0.3, -0.25) is 4.79 Å². The molecule has 1 amide bonds. The van der Waals surface area contributed by atoms with E-state index in [0.717, 1.165) is 5.56 Å². The number of ether oxygens (including phenoxy) is 1. The molecular formula is C16H24ClFN2O2. The first-order valence-corrected chi connectivity index (χ1v) is 7.20. The maximum atomic E-state index is 13.3. The number of aryl methyl sites for hydroxylation is 1. The summed E-state index contributed by atoms with van der Waals surface area (Å²) in [6.07, 6.45) is 0.431. The first-order chi connectivity index (χ1) is 9.72. The normalized spacial score (nSPS) is 25.8. The van der Waals surface area contributed by atoms with Crippen LogP contribution in [0.3, 0.4) is 0 Å². The summed E-state index contributed by atoms with van der Waals surface area (Å²) < 4.78 is 18.9.